The first-order chi connectivity index (χ1) is 10.1. The van der Waals surface area contributed by atoms with Crippen LogP contribution in [0.2, 0.25) is 0 Å². The normalized spacial score (nSPS) is 14.6. The number of aryl methyl sites for hydroxylation is 1. The number of nitrogens with zero attached hydrogens (tertiary/aromatic N) is 1. The molecule has 2 aromatic rings. The lowest BCUT2D eigenvalue weighted by atomic mass is 10.0. The van der Waals surface area contributed by atoms with Crippen LogP contribution < -0.4 is 0 Å². The Morgan fingerprint density at radius 3 is 2.71 bits per heavy atom. The third-order valence-corrected chi connectivity index (χ3v) is 4.83. The van der Waals surface area contributed by atoms with Crippen LogP contribution in [0.3, 0.4) is 0 Å². The number of carbonyl (C=O) groups is 1. The molecule has 0 spiro atoms. The summed E-state index contributed by atoms with van der Waals surface area (Å²) in [5, 5.41) is 11.2. The first-order valence-electron chi connectivity index (χ1n) is 7.23. The molecule has 110 valence electrons. The molecule has 3 rings (SSSR count). The van der Waals surface area contributed by atoms with Gasteiger partial charge in [0.1, 0.15) is 0 Å². The van der Waals surface area contributed by atoms with Crippen LogP contribution in [0.4, 0.5) is 0 Å². The van der Waals surface area contributed by atoms with Crippen molar-refractivity contribution < 1.29 is 9.90 Å². The fraction of sp³-hybridized carbons (Fsp3) is 0.353. The van der Waals surface area contributed by atoms with Crippen molar-refractivity contribution >= 4 is 17.3 Å². The predicted molar refractivity (Wildman–Crippen MR) is 84.7 cm³/mol. The number of thiophene rings is 1. The smallest absolute Gasteiger partial charge is 0.335 e. The summed E-state index contributed by atoms with van der Waals surface area (Å²) in [6, 6.07) is 10.4. The molecule has 0 unspecified atom stereocenters. The van der Waals surface area contributed by atoms with Crippen LogP contribution in [0, 0.1) is 6.92 Å². The van der Waals surface area contributed by atoms with Gasteiger partial charge in [0, 0.05) is 24.0 Å². The van der Waals surface area contributed by atoms with Gasteiger partial charge in [-0.1, -0.05) is 12.1 Å². The average molecular weight is 301 g/mol. The first-order valence-corrected chi connectivity index (χ1v) is 8.10. The van der Waals surface area contributed by atoms with Crippen molar-refractivity contribution in [2.45, 2.75) is 38.9 Å². The number of carboxylic acids is 1. The van der Waals surface area contributed by atoms with E-state index in [1.165, 1.54) is 23.3 Å². The van der Waals surface area contributed by atoms with Crippen molar-refractivity contribution in [2.24, 2.45) is 0 Å². The Morgan fingerprint density at radius 1 is 1.33 bits per heavy atom. The SMILES string of the molecule is Cc1cc(C(=O)O)ccc1CN(Cc1cccs1)C1CC1. The molecule has 0 atom stereocenters. The van der Waals surface area contributed by atoms with E-state index in [1.807, 2.05) is 13.0 Å². The van der Waals surface area contributed by atoms with Gasteiger partial charge in [0.25, 0.3) is 0 Å². The molecule has 1 saturated carbocycles. The third kappa shape index (κ3) is 3.52. The Kier molecular flexibility index (Phi) is 4.08. The summed E-state index contributed by atoms with van der Waals surface area (Å²) in [6.45, 7) is 3.88. The molecular formula is C17H19NO2S. The summed E-state index contributed by atoms with van der Waals surface area (Å²) >= 11 is 1.80. The van der Waals surface area contributed by atoms with E-state index in [-0.39, 0.29) is 0 Å². The van der Waals surface area contributed by atoms with Gasteiger partial charge < -0.3 is 5.11 Å². The summed E-state index contributed by atoms with van der Waals surface area (Å²) in [6.07, 6.45) is 2.55. The van der Waals surface area contributed by atoms with Crippen molar-refractivity contribution in [2.75, 3.05) is 0 Å². The first kappa shape index (κ1) is 14.3. The van der Waals surface area contributed by atoms with E-state index in [1.54, 1.807) is 23.5 Å². The second kappa shape index (κ2) is 6.00. The molecule has 4 heteroatoms. The van der Waals surface area contributed by atoms with Gasteiger partial charge in [-0.3, -0.25) is 4.90 Å². The van der Waals surface area contributed by atoms with E-state index in [0.29, 0.717) is 11.6 Å². The second-order valence-electron chi connectivity index (χ2n) is 5.66. The predicted octanol–water partition coefficient (Wildman–Crippen LogP) is 3.92. The highest BCUT2D eigenvalue weighted by Gasteiger charge is 2.29. The van der Waals surface area contributed by atoms with E-state index in [9.17, 15) is 4.79 Å². The second-order valence-corrected chi connectivity index (χ2v) is 6.69. The highest BCUT2D eigenvalue weighted by atomic mass is 32.1. The molecule has 1 aromatic carbocycles. The maximum Gasteiger partial charge on any atom is 0.335 e. The van der Waals surface area contributed by atoms with Gasteiger partial charge in [0.15, 0.2) is 0 Å². The summed E-state index contributed by atoms with van der Waals surface area (Å²) in [7, 11) is 0. The van der Waals surface area contributed by atoms with E-state index < -0.39 is 5.97 Å². The van der Waals surface area contributed by atoms with Gasteiger partial charge in [-0.05, 0) is 54.5 Å². The van der Waals surface area contributed by atoms with Crippen LogP contribution in [0.1, 0.15) is 39.2 Å². The van der Waals surface area contributed by atoms with E-state index in [2.05, 4.69) is 22.4 Å². The molecule has 1 aliphatic carbocycles. The average Bonchev–Trinajstić information content (AvgIpc) is 3.18. The summed E-state index contributed by atoms with van der Waals surface area (Å²) < 4.78 is 0. The largest absolute Gasteiger partial charge is 0.478 e. The zero-order chi connectivity index (χ0) is 14.8. The maximum absolute atomic E-state index is 11.0. The van der Waals surface area contributed by atoms with Crippen molar-refractivity contribution in [3.8, 4) is 0 Å². The molecular weight excluding hydrogens is 282 g/mol. The fourth-order valence-corrected chi connectivity index (χ4v) is 3.31. The van der Waals surface area contributed by atoms with Crippen molar-refractivity contribution in [1.29, 1.82) is 0 Å². The molecule has 0 saturated heterocycles. The maximum atomic E-state index is 11.0. The van der Waals surface area contributed by atoms with Crippen LogP contribution in [0.15, 0.2) is 35.7 Å². The lowest BCUT2D eigenvalue weighted by Gasteiger charge is -2.22. The van der Waals surface area contributed by atoms with Crippen LogP contribution >= 0.6 is 11.3 Å². The van der Waals surface area contributed by atoms with E-state index in [0.717, 1.165) is 18.7 Å². The van der Waals surface area contributed by atoms with Gasteiger partial charge >= 0.3 is 5.97 Å². The van der Waals surface area contributed by atoms with Gasteiger partial charge in [0.2, 0.25) is 0 Å². The summed E-state index contributed by atoms with van der Waals surface area (Å²) in [5.41, 5.74) is 2.66. The van der Waals surface area contributed by atoms with Crippen LogP contribution in [0.25, 0.3) is 0 Å². The van der Waals surface area contributed by atoms with Crippen molar-refractivity contribution in [3.05, 3.63) is 57.3 Å². The van der Waals surface area contributed by atoms with Crippen molar-refractivity contribution in [1.82, 2.24) is 4.90 Å². The molecule has 21 heavy (non-hydrogen) atoms. The highest BCUT2D eigenvalue weighted by Crippen LogP contribution is 2.31. The van der Waals surface area contributed by atoms with Gasteiger partial charge in [0.05, 0.1) is 5.56 Å². The molecule has 0 radical (unpaired) electrons. The minimum absolute atomic E-state index is 0.368. The highest BCUT2D eigenvalue weighted by molar-refractivity contribution is 7.09. The zero-order valence-electron chi connectivity index (χ0n) is 12.1. The quantitative estimate of drug-likeness (QED) is 0.879. The Labute approximate surface area is 128 Å². The lowest BCUT2D eigenvalue weighted by molar-refractivity contribution is 0.0696. The molecule has 0 aliphatic heterocycles. The number of aromatic carboxylic acids is 1. The fourth-order valence-electron chi connectivity index (χ4n) is 2.58. The number of benzene rings is 1. The van der Waals surface area contributed by atoms with Crippen LogP contribution in [0.5, 0.6) is 0 Å². The van der Waals surface area contributed by atoms with Crippen molar-refractivity contribution in [3.63, 3.8) is 0 Å². The minimum Gasteiger partial charge on any atom is -0.478 e. The van der Waals surface area contributed by atoms with Gasteiger partial charge in [-0.15, -0.1) is 11.3 Å². The van der Waals surface area contributed by atoms with Gasteiger partial charge in [-0.25, -0.2) is 4.79 Å². The van der Waals surface area contributed by atoms with E-state index >= 15 is 0 Å². The molecule has 1 fully saturated rings. The van der Waals surface area contributed by atoms with E-state index in [4.69, 9.17) is 5.11 Å². The molecule has 1 heterocycles. The Morgan fingerprint density at radius 2 is 2.14 bits per heavy atom. The topological polar surface area (TPSA) is 40.5 Å². The monoisotopic (exact) mass is 301 g/mol. The standard InChI is InChI=1S/C17H19NO2S/c1-12-9-13(17(19)20)4-5-14(12)10-18(15-6-7-15)11-16-3-2-8-21-16/h2-5,8-9,15H,6-7,10-11H2,1H3,(H,19,20). The molecule has 3 nitrogen and oxygen atoms in total. The number of hydrogen-bond donors (Lipinski definition) is 1. The Hall–Kier alpha value is -1.65. The minimum atomic E-state index is -0.859. The number of hydrogen-bond acceptors (Lipinski definition) is 3. The molecule has 0 bridgehead atoms. The third-order valence-electron chi connectivity index (χ3n) is 3.97. The summed E-state index contributed by atoms with van der Waals surface area (Å²) in [4.78, 5) is 14.9. The Bertz CT molecular complexity index is 632. The zero-order valence-corrected chi connectivity index (χ0v) is 12.9. The summed E-state index contributed by atoms with van der Waals surface area (Å²) in [5.74, 6) is -0.859. The molecule has 1 aliphatic rings. The Balaban J connectivity index is 1.75. The van der Waals surface area contributed by atoms with Crippen LogP contribution in [-0.4, -0.2) is 22.0 Å². The number of carboxylic acid groups (broad SMARTS) is 1. The molecule has 1 aromatic heterocycles. The molecule has 0 amide bonds. The lowest BCUT2D eigenvalue weighted by Crippen LogP contribution is -2.25. The molecule has 1 N–H and O–H groups in total. The van der Waals surface area contributed by atoms with Gasteiger partial charge in [-0.2, -0.15) is 0 Å². The van der Waals surface area contributed by atoms with Crippen LogP contribution in [-0.2, 0) is 13.1 Å². The number of rotatable bonds is 6.